The molecule has 10 heteroatoms. The van der Waals surface area contributed by atoms with Gasteiger partial charge in [0.05, 0.1) is 76.4 Å². The maximum absolute atomic E-state index is 10.3. The summed E-state index contributed by atoms with van der Waals surface area (Å²) in [6.45, 7) is 23.6. The third-order valence-electron chi connectivity index (χ3n) is 15.5. The Morgan fingerprint density at radius 2 is 0.810 bits per heavy atom. The lowest BCUT2D eigenvalue weighted by Crippen LogP contribution is -2.04. The van der Waals surface area contributed by atoms with Gasteiger partial charge in [-0.25, -0.2) is 29.5 Å². The van der Waals surface area contributed by atoms with Gasteiger partial charge in [0.25, 0.3) is 0 Å². The molecule has 0 bridgehead atoms. The highest BCUT2D eigenvalue weighted by Gasteiger charge is 2.24. The lowest BCUT2D eigenvalue weighted by molar-refractivity contribution is 1.06. The number of hydrogen-bond donors (Lipinski definition) is 0. The Morgan fingerprint density at radius 3 is 1.42 bits per heavy atom. The van der Waals surface area contributed by atoms with E-state index >= 15 is 0 Å². The van der Waals surface area contributed by atoms with Crippen LogP contribution in [0.5, 0.6) is 0 Å². The van der Waals surface area contributed by atoms with Gasteiger partial charge in [-0.1, -0.05) is 164 Å². The van der Waals surface area contributed by atoms with Crippen LogP contribution in [0.15, 0.2) is 243 Å². The number of nitriles is 2. The zero-order chi connectivity index (χ0) is 56.8. The Morgan fingerprint density at radius 1 is 0.321 bits per heavy atom. The average Bonchev–Trinajstić information content (AvgIpc) is 3.01. The van der Waals surface area contributed by atoms with Gasteiger partial charge in [-0.3, -0.25) is 0 Å². The van der Waals surface area contributed by atoms with E-state index in [0.29, 0.717) is 45.7 Å². The second-order valence-corrected chi connectivity index (χ2v) is 20.2. The highest BCUT2D eigenvalue weighted by atomic mass is 15.1. The molecular formula is C74H40N10. The van der Waals surface area contributed by atoms with Gasteiger partial charge in [0, 0.05) is 43.8 Å². The number of rotatable bonds is 9. The van der Waals surface area contributed by atoms with Gasteiger partial charge in [0.2, 0.25) is 0 Å². The van der Waals surface area contributed by atoms with Crippen molar-refractivity contribution in [2.45, 2.75) is 0 Å². The summed E-state index contributed by atoms with van der Waals surface area (Å²) in [5.41, 5.74) is 16.9. The van der Waals surface area contributed by atoms with E-state index in [-0.39, 0.29) is 0 Å². The summed E-state index contributed by atoms with van der Waals surface area (Å²) >= 11 is 0. The fourth-order valence-corrected chi connectivity index (χ4v) is 11.6. The van der Waals surface area contributed by atoms with Crippen LogP contribution in [0.3, 0.4) is 0 Å². The molecule has 14 aromatic rings. The largest absolute Gasteiger partial charge is 0.309 e. The van der Waals surface area contributed by atoms with Crippen molar-refractivity contribution < 1.29 is 0 Å². The van der Waals surface area contributed by atoms with Crippen LogP contribution in [-0.4, -0.2) is 24.1 Å². The van der Waals surface area contributed by atoms with Gasteiger partial charge in [-0.2, -0.15) is 10.5 Å². The van der Waals surface area contributed by atoms with Crippen molar-refractivity contribution in [1.82, 2.24) is 24.1 Å². The maximum Gasteiger partial charge on any atom is 0.187 e. The van der Waals surface area contributed by atoms with Gasteiger partial charge in [-0.05, 0) is 118 Å². The molecule has 3 aromatic heterocycles. The number of benzene rings is 11. The Hall–Kier alpha value is -12.5. The van der Waals surface area contributed by atoms with Crippen LogP contribution in [0.25, 0.3) is 148 Å². The molecule has 0 fully saturated rings. The predicted octanol–water partition coefficient (Wildman–Crippen LogP) is 19.1. The minimum atomic E-state index is 0.410. The third kappa shape index (κ3) is 8.53. The van der Waals surface area contributed by atoms with Gasteiger partial charge < -0.3 is 9.13 Å². The van der Waals surface area contributed by atoms with E-state index in [2.05, 4.69) is 121 Å². The van der Waals surface area contributed by atoms with Crippen LogP contribution < -0.4 is 0 Å². The molecule has 0 aliphatic rings. The normalized spacial score (nSPS) is 11.0. The fourth-order valence-electron chi connectivity index (χ4n) is 11.6. The Kier molecular flexibility index (Phi) is 12.2. The highest BCUT2D eigenvalue weighted by molar-refractivity contribution is 6.13. The van der Waals surface area contributed by atoms with E-state index in [1.54, 1.807) is 24.3 Å². The fraction of sp³-hybridized carbons (Fsp3) is 0. The van der Waals surface area contributed by atoms with Crippen LogP contribution in [0.2, 0.25) is 0 Å². The summed E-state index contributed by atoms with van der Waals surface area (Å²) < 4.78 is 4.56. The summed E-state index contributed by atoms with van der Waals surface area (Å²) in [6.07, 6.45) is 0. The highest BCUT2D eigenvalue weighted by Crippen LogP contribution is 2.45. The number of nitrogens with zero attached hydrogens (tertiary/aromatic N) is 10. The zero-order valence-corrected chi connectivity index (χ0v) is 44.6. The Balaban J connectivity index is 1.06. The molecule has 10 nitrogen and oxygen atoms in total. The SMILES string of the molecule is [C-]#[N+]c1cccc(-c2ccc(-n3c4ccccc4c4cc(-c5ccc(C#N)cc5C#N)ccc43)c(-c3ccc(-n4c5ccccc5c5cc(-c6ccc([N+]#[C-])cc6[N+]#[C-])ccc54)c(-c4nc(-c5ccccc5)nc(-c5ccccc5)n4)c3)c2)c1. The van der Waals surface area contributed by atoms with Crippen molar-refractivity contribution in [3.05, 3.63) is 288 Å². The first-order valence-electron chi connectivity index (χ1n) is 26.9. The second kappa shape index (κ2) is 20.6. The molecule has 0 atom stereocenters. The summed E-state index contributed by atoms with van der Waals surface area (Å²) in [6, 6.07) is 84.7. The minimum Gasteiger partial charge on any atom is -0.309 e. The lowest BCUT2D eigenvalue weighted by atomic mass is 9.94. The molecule has 0 aliphatic heterocycles. The van der Waals surface area contributed by atoms with Gasteiger partial charge in [0.15, 0.2) is 34.5 Å². The smallest absolute Gasteiger partial charge is 0.187 e. The number of hydrogen-bond acceptors (Lipinski definition) is 5. The minimum absolute atomic E-state index is 0.410. The predicted molar refractivity (Wildman–Crippen MR) is 335 cm³/mol. The first-order valence-corrected chi connectivity index (χ1v) is 26.9. The van der Waals surface area contributed by atoms with Gasteiger partial charge >= 0.3 is 0 Å². The van der Waals surface area contributed by atoms with Gasteiger partial charge in [-0.15, -0.1) is 0 Å². The molecule has 0 radical (unpaired) electrons. The molecule has 11 aromatic carbocycles. The van der Waals surface area contributed by atoms with Crippen LogP contribution in [0, 0.1) is 42.4 Å². The van der Waals surface area contributed by atoms with E-state index in [1.165, 1.54) is 0 Å². The molecule has 0 spiro atoms. The second-order valence-electron chi connectivity index (χ2n) is 20.2. The van der Waals surface area contributed by atoms with Crippen molar-refractivity contribution in [3.8, 4) is 102 Å². The van der Waals surface area contributed by atoms with Crippen molar-refractivity contribution in [2.24, 2.45) is 0 Å². The van der Waals surface area contributed by atoms with E-state index in [0.717, 1.165) is 116 Å². The first-order chi connectivity index (χ1) is 41.4. The number of aromatic nitrogens is 5. The molecule has 0 aliphatic carbocycles. The van der Waals surface area contributed by atoms with Crippen LogP contribution in [0.4, 0.5) is 17.1 Å². The quantitative estimate of drug-likeness (QED) is 0.134. The van der Waals surface area contributed by atoms with Crippen molar-refractivity contribution in [2.75, 3.05) is 0 Å². The Labute approximate surface area is 483 Å². The van der Waals surface area contributed by atoms with Crippen LogP contribution in [-0.2, 0) is 0 Å². The van der Waals surface area contributed by atoms with Gasteiger partial charge in [0.1, 0.15) is 0 Å². The standard InChI is InChI=1S/C74H40N10/c1-77-55-20-14-19-49(38-55)50-26-33-68(83-66-23-12-10-21-59(66)62-40-51(27-34-69(62)83)57-31-25-46(44-75)37-54(57)45-76)61(39-50)53-29-36-71(64(42-53)74-81-72(47-15-6-4-7-16-47)80-73(82-74)48-17-8-5-9-18-48)84-67-24-13-11-22-60(67)63-41-52(28-35-70(63)84)58-32-30-56(78-2)43-65(58)79-3/h4-43H. The molecular weight excluding hydrogens is 1030 g/mol. The molecule has 84 heavy (non-hydrogen) atoms. The van der Waals surface area contributed by atoms with E-state index in [9.17, 15) is 10.5 Å². The van der Waals surface area contributed by atoms with Crippen LogP contribution >= 0.6 is 0 Å². The van der Waals surface area contributed by atoms with E-state index in [4.69, 9.17) is 34.7 Å². The average molecular weight is 1070 g/mol. The van der Waals surface area contributed by atoms with Crippen molar-refractivity contribution >= 4 is 60.7 Å². The zero-order valence-electron chi connectivity index (χ0n) is 44.6. The van der Waals surface area contributed by atoms with Crippen molar-refractivity contribution in [1.29, 1.82) is 10.5 Å². The number of para-hydroxylation sites is 2. The molecule has 14 rings (SSSR count). The summed E-state index contributed by atoms with van der Waals surface area (Å²) in [5.74, 6) is 1.48. The summed E-state index contributed by atoms with van der Waals surface area (Å²) in [7, 11) is 0. The summed E-state index contributed by atoms with van der Waals surface area (Å²) in [4.78, 5) is 27.1. The molecule has 0 amide bonds. The van der Waals surface area contributed by atoms with Crippen LogP contribution in [0.1, 0.15) is 11.1 Å². The maximum atomic E-state index is 10.3. The monoisotopic (exact) mass is 1070 g/mol. The first kappa shape index (κ1) is 49.8. The Bertz CT molecular complexity index is 5210. The third-order valence-corrected chi connectivity index (χ3v) is 15.5. The number of fused-ring (bicyclic) bond motifs is 6. The van der Waals surface area contributed by atoms with E-state index < -0.39 is 0 Å². The molecule has 3 heterocycles. The van der Waals surface area contributed by atoms with Crippen molar-refractivity contribution in [3.63, 3.8) is 0 Å². The topological polar surface area (TPSA) is 109 Å². The van der Waals surface area contributed by atoms with E-state index in [1.807, 2.05) is 133 Å². The molecule has 0 N–H and O–H groups in total. The summed E-state index contributed by atoms with van der Waals surface area (Å²) in [5, 5.41) is 23.9. The molecule has 0 unspecified atom stereocenters. The lowest BCUT2D eigenvalue weighted by Gasteiger charge is -2.19. The molecule has 0 saturated carbocycles. The molecule has 386 valence electrons. The molecule has 0 saturated heterocycles.